The third-order valence-electron chi connectivity index (χ3n) is 5.21. The molecular formula is C26H26Cl2N2O3. The fraction of sp³-hybridized carbons (Fsp3) is 0.231. The Morgan fingerprint density at radius 2 is 1.58 bits per heavy atom. The van der Waals surface area contributed by atoms with E-state index in [1.54, 1.807) is 43.3 Å². The van der Waals surface area contributed by atoms with E-state index in [1.807, 2.05) is 43.3 Å². The first-order valence-corrected chi connectivity index (χ1v) is 11.3. The number of para-hydroxylation sites is 1. The van der Waals surface area contributed by atoms with Crippen LogP contribution in [0.15, 0.2) is 72.8 Å². The van der Waals surface area contributed by atoms with Gasteiger partial charge in [-0.25, -0.2) is 0 Å². The Bertz CT molecular complexity index is 1090. The topological polar surface area (TPSA) is 58.6 Å². The Hall–Kier alpha value is -3.02. The number of ether oxygens (including phenoxy) is 1. The Balaban J connectivity index is 1.70. The molecule has 33 heavy (non-hydrogen) atoms. The molecule has 1 atom stereocenters. The summed E-state index contributed by atoms with van der Waals surface area (Å²) < 4.78 is 5.63. The van der Waals surface area contributed by atoms with Crippen molar-refractivity contribution in [3.63, 3.8) is 0 Å². The van der Waals surface area contributed by atoms with Gasteiger partial charge in [-0.3, -0.25) is 9.59 Å². The van der Waals surface area contributed by atoms with Crippen molar-refractivity contribution in [2.45, 2.75) is 33.0 Å². The first-order valence-electron chi connectivity index (χ1n) is 10.6. The lowest BCUT2D eigenvalue weighted by atomic mass is 10.1. The molecule has 0 aromatic heterocycles. The summed E-state index contributed by atoms with van der Waals surface area (Å²) in [5, 5.41) is 3.93. The lowest BCUT2D eigenvalue weighted by molar-refractivity contribution is -0.142. The highest BCUT2D eigenvalue weighted by Gasteiger charge is 2.26. The van der Waals surface area contributed by atoms with Crippen LogP contribution in [0.4, 0.5) is 0 Å². The summed E-state index contributed by atoms with van der Waals surface area (Å²) in [5.41, 5.74) is 2.99. The van der Waals surface area contributed by atoms with Crippen LogP contribution in [0, 0.1) is 6.92 Å². The van der Waals surface area contributed by atoms with E-state index >= 15 is 0 Å². The zero-order chi connectivity index (χ0) is 23.8. The number of halogens is 2. The van der Waals surface area contributed by atoms with Crippen LogP contribution in [0.5, 0.6) is 5.75 Å². The molecule has 0 fully saturated rings. The second-order valence-corrected chi connectivity index (χ2v) is 8.59. The highest BCUT2D eigenvalue weighted by Crippen LogP contribution is 2.23. The van der Waals surface area contributed by atoms with Crippen LogP contribution in [0.25, 0.3) is 0 Å². The second-order valence-electron chi connectivity index (χ2n) is 7.75. The number of carbonyl (C=O) groups is 2. The molecule has 0 bridgehead atoms. The molecule has 0 saturated heterocycles. The largest absolute Gasteiger partial charge is 0.482 e. The van der Waals surface area contributed by atoms with Gasteiger partial charge in [0.05, 0.1) is 5.02 Å². The predicted octanol–water partition coefficient (Wildman–Crippen LogP) is 5.41. The molecule has 2 amide bonds. The van der Waals surface area contributed by atoms with Gasteiger partial charge in [0.25, 0.3) is 5.91 Å². The van der Waals surface area contributed by atoms with Crippen molar-refractivity contribution in [3.05, 3.63) is 99.5 Å². The van der Waals surface area contributed by atoms with E-state index in [0.29, 0.717) is 22.3 Å². The lowest BCUT2D eigenvalue weighted by Gasteiger charge is -2.29. The number of hydrogen-bond donors (Lipinski definition) is 1. The van der Waals surface area contributed by atoms with E-state index in [1.165, 1.54) is 4.90 Å². The zero-order valence-corrected chi connectivity index (χ0v) is 20.1. The maximum Gasteiger partial charge on any atom is 0.261 e. The summed E-state index contributed by atoms with van der Waals surface area (Å²) in [5.74, 6) is -0.172. The highest BCUT2D eigenvalue weighted by atomic mass is 35.5. The molecule has 0 aliphatic carbocycles. The Morgan fingerprint density at radius 1 is 0.939 bits per heavy atom. The van der Waals surface area contributed by atoms with Crippen LogP contribution in [0.3, 0.4) is 0 Å². The van der Waals surface area contributed by atoms with Gasteiger partial charge in [0.15, 0.2) is 6.61 Å². The molecule has 7 heteroatoms. The minimum Gasteiger partial charge on any atom is -0.482 e. The van der Waals surface area contributed by atoms with Gasteiger partial charge in [0.1, 0.15) is 11.8 Å². The summed E-state index contributed by atoms with van der Waals surface area (Å²) >= 11 is 12.1. The summed E-state index contributed by atoms with van der Waals surface area (Å²) in [4.78, 5) is 27.5. The highest BCUT2D eigenvalue weighted by molar-refractivity contribution is 6.32. The van der Waals surface area contributed by atoms with Gasteiger partial charge in [-0.05, 0) is 49.2 Å². The van der Waals surface area contributed by atoms with Gasteiger partial charge >= 0.3 is 0 Å². The van der Waals surface area contributed by atoms with Crippen molar-refractivity contribution in [2.24, 2.45) is 0 Å². The normalized spacial score (nSPS) is 11.5. The molecule has 5 nitrogen and oxygen atoms in total. The fourth-order valence-electron chi connectivity index (χ4n) is 3.20. The number of nitrogens with one attached hydrogen (secondary N) is 1. The van der Waals surface area contributed by atoms with Gasteiger partial charge in [-0.2, -0.15) is 0 Å². The minimum absolute atomic E-state index is 0.237. The summed E-state index contributed by atoms with van der Waals surface area (Å²) in [6.45, 7) is 4.08. The van der Waals surface area contributed by atoms with Gasteiger partial charge < -0.3 is 15.0 Å². The van der Waals surface area contributed by atoms with E-state index in [9.17, 15) is 9.59 Å². The van der Waals surface area contributed by atoms with Crippen LogP contribution < -0.4 is 10.1 Å². The van der Waals surface area contributed by atoms with E-state index < -0.39 is 6.04 Å². The average Bonchev–Trinajstić information content (AvgIpc) is 2.82. The Kier molecular flexibility index (Phi) is 8.75. The Labute approximate surface area is 204 Å². The minimum atomic E-state index is -0.714. The third kappa shape index (κ3) is 7.24. The monoisotopic (exact) mass is 484 g/mol. The number of rotatable bonds is 9. The molecule has 0 aliphatic heterocycles. The molecule has 3 rings (SSSR count). The van der Waals surface area contributed by atoms with Crippen molar-refractivity contribution < 1.29 is 14.3 Å². The van der Waals surface area contributed by atoms with Crippen molar-refractivity contribution in [3.8, 4) is 5.75 Å². The molecule has 0 aliphatic rings. The molecule has 172 valence electrons. The summed E-state index contributed by atoms with van der Waals surface area (Å²) in [7, 11) is 0. The number of amides is 2. The average molecular weight is 485 g/mol. The fourth-order valence-corrected chi connectivity index (χ4v) is 3.51. The third-order valence-corrected chi connectivity index (χ3v) is 5.77. The maximum absolute atomic E-state index is 13.1. The van der Waals surface area contributed by atoms with Crippen molar-refractivity contribution in [1.82, 2.24) is 10.2 Å². The van der Waals surface area contributed by atoms with Gasteiger partial charge in [-0.1, -0.05) is 77.3 Å². The molecule has 1 N–H and O–H groups in total. The van der Waals surface area contributed by atoms with Crippen molar-refractivity contribution in [1.29, 1.82) is 0 Å². The first kappa shape index (κ1) is 24.6. The molecule has 0 heterocycles. The van der Waals surface area contributed by atoms with E-state index in [-0.39, 0.29) is 25.0 Å². The maximum atomic E-state index is 13.1. The van der Waals surface area contributed by atoms with Gasteiger partial charge in [-0.15, -0.1) is 0 Å². The van der Waals surface area contributed by atoms with Crippen LogP contribution in [0.2, 0.25) is 10.0 Å². The second kappa shape index (κ2) is 11.7. The molecule has 3 aromatic carbocycles. The van der Waals surface area contributed by atoms with Crippen LogP contribution >= 0.6 is 23.2 Å². The van der Waals surface area contributed by atoms with Crippen molar-refractivity contribution >= 4 is 35.0 Å². The van der Waals surface area contributed by atoms with E-state index in [2.05, 4.69) is 5.32 Å². The first-order chi connectivity index (χ1) is 15.8. The smallest absolute Gasteiger partial charge is 0.261 e. The molecular weight excluding hydrogens is 459 g/mol. The number of hydrogen-bond acceptors (Lipinski definition) is 3. The molecule has 0 spiro atoms. The summed E-state index contributed by atoms with van der Waals surface area (Å²) in [6, 6.07) is 21.3. The number of aryl methyl sites for hydroxylation is 1. The number of benzene rings is 3. The summed E-state index contributed by atoms with van der Waals surface area (Å²) in [6.07, 6.45) is 0. The van der Waals surface area contributed by atoms with Crippen LogP contribution in [-0.4, -0.2) is 29.4 Å². The predicted molar refractivity (Wildman–Crippen MR) is 131 cm³/mol. The standard InChI is InChI=1S/C26H26Cl2N2O3/c1-18-7-9-20(10-8-18)15-29-26(32)19(2)30(16-21-11-13-22(27)14-12-21)25(31)17-33-24-6-4-3-5-23(24)28/h3-14,19H,15-17H2,1-2H3,(H,29,32)/t19-/m1/s1. The van der Waals surface area contributed by atoms with Gasteiger partial charge in [0.2, 0.25) is 5.91 Å². The van der Waals surface area contributed by atoms with E-state index in [4.69, 9.17) is 27.9 Å². The molecule has 0 saturated carbocycles. The van der Waals surface area contributed by atoms with Crippen LogP contribution in [0.1, 0.15) is 23.6 Å². The lowest BCUT2D eigenvalue weighted by Crippen LogP contribution is -2.48. The Morgan fingerprint density at radius 3 is 2.24 bits per heavy atom. The SMILES string of the molecule is Cc1ccc(CNC(=O)[C@@H](C)N(Cc2ccc(Cl)cc2)C(=O)COc2ccccc2Cl)cc1. The van der Waals surface area contributed by atoms with Crippen molar-refractivity contribution in [2.75, 3.05) is 6.61 Å². The number of nitrogens with zero attached hydrogens (tertiary/aromatic N) is 1. The quantitative estimate of drug-likeness (QED) is 0.441. The zero-order valence-electron chi connectivity index (χ0n) is 18.6. The molecule has 3 aromatic rings. The molecule has 0 radical (unpaired) electrons. The van der Waals surface area contributed by atoms with Crippen LogP contribution in [-0.2, 0) is 22.7 Å². The van der Waals surface area contributed by atoms with Gasteiger partial charge in [0, 0.05) is 18.1 Å². The molecule has 0 unspecified atom stereocenters. The number of carbonyl (C=O) groups excluding carboxylic acids is 2. The van der Waals surface area contributed by atoms with E-state index in [0.717, 1.165) is 16.7 Å².